The highest BCUT2D eigenvalue weighted by molar-refractivity contribution is 6.33. The van der Waals surface area contributed by atoms with Gasteiger partial charge in [-0.25, -0.2) is 0 Å². The SMILES string of the molecule is O=C(Nc1ccc(Cl)c(-c2ccccn2)c1)c1ccc(N2CCNCC2=O)cc1. The number of piperazine rings is 1. The Bertz CT molecular complexity index is 1040. The second kappa shape index (κ2) is 8.43. The second-order valence-electron chi connectivity index (χ2n) is 6.63. The number of nitrogens with one attached hydrogen (secondary N) is 2. The van der Waals surface area contributed by atoms with Crippen molar-refractivity contribution in [1.82, 2.24) is 10.3 Å². The predicted octanol–water partition coefficient (Wildman–Crippen LogP) is 3.59. The molecular formula is C22H19ClN4O2. The van der Waals surface area contributed by atoms with Crippen molar-refractivity contribution in [2.75, 3.05) is 29.9 Å². The number of rotatable bonds is 4. The van der Waals surface area contributed by atoms with Crippen LogP contribution in [0.2, 0.25) is 5.02 Å². The third-order valence-corrected chi connectivity index (χ3v) is 5.03. The fourth-order valence-electron chi connectivity index (χ4n) is 3.20. The Morgan fingerprint density at radius 1 is 1.10 bits per heavy atom. The number of carbonyl (C=O) groups is 2. The molecule has 1 saturated heterocycles. The molecule has 0 radical (unpaired) electrons. The lowest BCUT2D eigenvalue weighted by molar-refractivity contribution is -0.118. The third-order valence-electron chi connectivity index (χ3n) is 4.70. The van der Waals surface area contributed by atoms with E-state index in [2.05, 4.69) is 15.6 Å². The van der Waals surface area contributed by atoms with Gasteiger partial charge in [0.05, 0.1) is 17.3 Å². The first kappa shape index (κ1) is 19.1. The first-order valence-electron chi connectivity index (χ1n) is 9.25. The van der Waals surface area contributed by atoms with Crippen molar-refractivity contribution in [3.63, 3.8) is 0 Å². The molecule has 146 valence electrons. The van der Waals surface area contributed by atoms with Crippen molar-refractivity contribution in [3.8, 4) is 11.3 Å². The van der Waals surface area contributed by atoms with Gasteiger partial charge in [-0.15, -0.1) is 0 Å². The van der Waals surface area contributed by atoms with Gasteiger partial charge in [0.1, 0.15) is 0 Å². The van der Waals surface area contributed by atoms with E-state index in [-0.39, 0.29) is 11.8 Å². The summed E-state index contributed by atoms with van der Waals surface area (Å²) in [5.41, 5.74) is 3.40. The molecule has 1 fully saturated rings. The smallest absolute Gasteiger partial charge is 0.255 e. The number of anilines is 2. The first-order chi connectivity index (χ1) is 14.1. The average Bonchev–Trinajstić information content (AvgIpc) is 2.76. The van der Waals surface area contributed by atoms with Crippen molar-refractivity contribution >= 4 is 34.8 Å². The van der Waals surface area contributed by atoms with Crippen LogP contribution >= 0.6 is 11.6 Å². The summed E-state index contributed by atoms with van der Waals surface area (Å²) in [5.74, 6) is -0.214. The van der Waals surface area contributed by atoms with Crippen molar-refractivity contribution in [3.05, 3.63) is 77.4 Å². The maximum absolute atomic E-state index is 12.6. The maximum Gasteiger partial charge on any atom is 0.255 e. The Morgan fingerprint density at radius 2 is 1.93 bits per heavy atom. The summed E-state index contributed by atoms with van der Waals surface area (Å²) in [6.45, 7) is 1.70. The van der Waals surface area contributed by atoms with Gasteiger partial charge in [-0.2, -0.15) is 0 Å². The van der Waals surface area contributed by atoms with Gasteiger partial charge in [-0.1, -0.05) is 17.7 Å². The van der Waals surface area contributed by atoms with Gasteiger partial charge in [0, 0.05) is 41.8 Å². The van der Waals surface area contributed by atoms with Crippen LogP contribution in [-0.4, -0.2) is 36.4 Å². The zero-order valence-electron chi connectivity index (χ0n) is 15.6. The molecule has 2 aromatic carbocycles. The van der Waals surface area contributed by atoms with E-state index >= 15 is 0 Å². The molecule has 1 aromatic heterocycles. The van der Waals surface area contributed by atoms with E-state index in [0.29, 0.717) is 29.4 Å². The number of amides is 2. The van der Waals surface area contributed by atoms with Crippen LogP contribution in [-0.2, 0) is 4.79 Å². The molecule has 6 nitrogen and oxygen atoms in total. The van der Waals surface area contributed by atoms with Crippen LogP contribution in [0.5, 0.6) is 0 Å². The summed E-state index contributed by atoms with van der Waals surface area (Å²) >= 11 is 6.30. The molecule has 0 saturated carbocycles. The minimum Gasteiger partial charge on any atom is -0.322 e. The van der Waals surface area contributed by atoms with Crippen molar-refractivity contribution in [2.45, 2.75) is 0 Å². The van der Waals surface area contributed by atoms with Crippen molar-refractivity contribution < 1.29 is 9.59 Å². The molecule has 1 aliphatic heterocycles. The molecule has 0 atom stereocenters. The van der Waals surface area contributed by atoms with Gasteiger partial charge in [-0.05, 0) is 54.6 Å². The number of aromatic nitrogens is 1. The Kier molecular flexibility index (Phi) is 5.55. The molecule has 1 aliphatic rings. The Hall–Kier alpha value is -3.22. The van der Waals surface area contributed by atoms with Gasteiger partial charge in [0.15, 0.2) is 0 Å². The first-order valence-corrected chi connectivity index (χ1v) is 9.63. The summed E-state index contributed by atoms with van der Waals surface area (Å²) in [6, 6.07) is 17.9. The third kappa shape index (κ3) is 4.29. The molecule has 0 aliphatic carbocycles. The normalized spacial score (nSPS) is 14.0. The van der Waals surface area contributed by atoms with E-state index in [1.807, 2.05) is 18.2 Å². The number of halogens is 1. The van der Waals surface area contributed by atoms with E-state index in [9.17, 15) is 9.59 Å². The maximum atomic E-state index is 12.6. The van der Waals surface area contributed by atoms with Gasteiger partial charge >= 0.3 is 0 Å². The van der Waals surface area contributed by atoms with Gasteiger partial charge in [0.25, 0.3) is 5.91 Å². The molecule has 2 amide bonds. The highest BCUT2D eigenvalue weighted by Gasteiger charge is 2.19. The van der Waals surface area contributed by atoms with Crippen LogP contribution in [0.3, 0.4) is 0 Å². The summed E-state index contributed by atoms with van der Waals surface area (Å²) in [4.78, 5) is 30.7. The Labute approximate surface area is 173 Å². The Balaban J connectivity index is 1.50. The van der Waals surface area contributed by atoms with Gasteiger partial charge in [0.2, 0.25) is 5.91 Å². The Morgan fingerprint density at radius 3 is 2.66 bits per heavy atom. The molecule has 2 N–H and O–H groups in total. The number of pyridine rings is 1. The zero-order valence-corrected chi connectivity index (χ0v) is 16.3. The highest BCUT2D eigenvalue weighted by Crippen LogP contribution is 2.29. The standard InChI is InChI=1S/C22H19ClN4O2/c23-19-9-6-16(13-18(19)20-3-1-2-10-25-20)26-22(29)15-4-7-17(8-5-15)27-12-11-24-14-21(27)28/h1-10,13,24H,11-12,14H2,(H,26,29). The molecule has 0 unspecified atom stereocenters. The molecule has 7 heteroatoms. The quantitative estimate of drug-likeness (QED) is 0.694. The molecule has 0 bridgehead atoms. The summed E-state index contributed by atoms with van der Waals surface area (Å²) < 4.78 is 0. The number of nitrogens with zero attached hydrogens (tertiary/aromatic N) is 2. The fourth-order valence-corrected chi connectivity index (χ4v) is 3.41. The minimum absolute atomic E-state index is 0.0247. The zero-order chi connectivity index (χ0) is 20.2. The van der Waals surface area contributed by atoms with Crippen LogP contribution in [0.4, 0.5) is 11.4 Å². The molecule has 2 heterocycles. The van der Waals surface area contributed by atoms with E-state index in [1.54, 1.807) is 53.6 Å². The van der Waals surface area contributed by atoms with E-state index in [0.717, 1.165) is 23.5 Å². The van der Waals surface area contributed by atoms with E-state index in [4.69, 9.17) is 11.6 Å². The van der Waals surface area contributed by atoms with Gasteiger partial charge < -0.3 is 15.5 Å². The monoisotopic (exact) mass is 406 g/mol. The van der Waals surface area contributed by atoms with Crippen LogP contribution in [0.15, 0.2) is 66.9 Å². The van der Waals surface area contributed by atoms with Gasteiger partial charge in [-0.3, -0.25) is 14.6 Å². The molecule has 0 spiro atoms. The number of carbonyl (C=O) groups excluding carboxylic acids is 2. The second-order valence-corrected chi connectivity index (χ2v) is 7.04. The predicted molar refractivity (Wildman–Crippen MR) is 114 cm³/mol. The molecule has 4 rings (SSSR count). The summed E-state index contributed by atoms with van der Waals surface area (Å²) in [6.07, 6.45) is 1.70. The fraction of sp³-hybridized carbons (Fsp3) is 0.136. The average molecular weight is 407 g/mol. The highest BCUT2D eigenvalue weighted by atomic mass is 35.5. The van der Waals surface area contributed by atoms with Crippen LogP contribution < -0.4 is 15.5 Å². The largest absolute Gasteiger partial charge is 0.322 e. The van der Waals surface area contributed by atoms with Crippen molar-refractivity contribution in [1.29, 1.82) is 0 Å². The lowest BCUT2D eigenvalue weighted by Crippen LogP contribution is -2.48. The molecule has 3 aromatic rings. The van der Waals surface area contributed by atoms with Crippen LogP contribution in [0, 0.1) is 0 Å². The van der Waals surface area contributed by atoms with Crippen LogP contribution in [0.1, 0.15) is 10.4 Å². The van der Waals surface area contributed by atoms with Crippen molar-refractivity contribution in [2.24, 2.45) is 0 Å². The molecular weight excluding hydrogens is 388 g/mol. The summed E-state index contributed by atoms with van der Waals surface area (Å²) in [7, 11) is 0. The summed E-state index contributed by atoms with van der Waals surface area (Å²) in [5, 5.41) is 6.49. The van der Waals surface area contributed by atoms with E-state index < -0.39 is 0 Å². The number of hydrogen-bond acceptors (Lipinski definition) is 4. The number of benzene rings is 2. The lowest BCUT2D eigenvalue weighted by Gasteiger charge is -2.27. The minimum atomic E-state index is -0.238. The molecule has 29 heavy (non-hydrogen) atoms. The number of hydrogen-bond donors (Lipinski definition) is 2. The lowest BCUT2D eigenvalue weighted by atomic mass is 10.1. The topological polar surface area (TPSA) is 74.3 Å². The van der Waals surface area contributed by atoms with E-state index in [1.165, 1.54) is 0 Å². The van der Waals surface area contributed by atoms with Crippen LogP contribution in [0.25, 0.3) is 11.3 Å².